The molecule has 1 N–H and O–H groups in total. The van der Waals surface area contributed by atoms with Crippen molar-refractivity contribution in [2.45, 2.75) is 45.2 Å². The first-order valence-corrected chi connectivity index (χ1v) is 13.3. The zero-order valence-corrected chi connectivity index (χ0v) is 23.0. The van der Waals surface area contributed by atoms with Gasteiger partial charge >= 0.3 is 0 Å². The van der Waals surface area contributed by atoms with Gasteiger partial charge in [0.25, 0.3) is 0 Å². The molecule has 0 bridgehead atoms. The van der Waals surface area contributed by atoms with Crippen LogP contribution in [0.5, 0.6) is 0 Å². The van der Waals surface area contributed by atoms with E-state index >= 15 is 0 Å². The van der Waals surface area contributed by atoms with Crippen LogP contribution in [0, 0.1) is 0 Å². The number of hydrogen-bond acceptors (Lipinski definition) is 2. The predicted octanol–water partition coefficient (Wildman–Crippen LogP) is 7.40. The van der Waals surface area contributed by atoms with Crippen LogP contribution in [0.25, 0.3) is 0 Å². The van der Waals surface area contributed by atoms with Gasteiger partial charge in [-0.05, 0) is 47.4 Å². The first-order valence-electron chi connectivity index (χ1n) is 11.8. The molecular weight excluding hydrogens is 538 g/mol. The van der Waals surface area contributed by atoms with Gasteiger partial charge in [0, 0.05) is 39.6 Å². The standard InChI is InChI=1S/C28H28Cl4N2O2/c1-2-3-13-33-28(36)26(14-19-7-5-4-6-8-19)34(18-21-10-12-23(30)17-25(21)32)27(35)15-20-9-11-22(29)16-24(20)31/h4-12,16-17,26H,2-3,13-15,18H2,1H3,(H,33,36)/t26-/m1/s1. The SMILES string of the molecule is CCCCNC(=O)[C@@H](Cc1ccccc1)N(Cc1ccc(Cl)cc1Cl)C(=O)Cc1ccc(Cl)cc1Cl. The van der Waals surface area contributed by atoms with Crippen LogP contribution < -0.4 is 5.32 Å². The lowest BCUT2D eigenvalue weighted by molar-refractivity contribution is -0.140. The summed E-state index contributed by atoms with van der Waals surface area (Å²) >= 11 is 25.0. The summed E-state index contributed by atoms with van der Waals surface area (Å²) in [5.74, 6) is -0.468. The Morgan fingerprint density at radius 1 is 0.861 bits per heavy atom. The quantitative estimate of drug-likeness (QED) is 0.246. The molecule has 0 spiro atoms. The Labute approximate surface area is 232 Å². The van der Waals surface area contributed by atoms with Gasteiger partial charge in [0.2, 0.25) is 11.8 Å². The molecular formula is C28H28Cl4N2O2. The molecule has 0 saturated carbocycles. The van der Waals surface area contributed by atoms with Gasteiger partial charge in [0.05, 0.1) is 6.42 Å². The molecule has 190 valence electrons. The zero-order valence-electron chi connectivity index (χ0n) is 19.9. The Morgan fingerprint density at radius 2 is 1.47 bits per heavy atom. The predicted molar refractivity (Wildman–Crippen MR) is 149 cm³/mol. The molecule has 3 aromatic carbocycles. The summed E-state index contributed by atoms with van der Waals surface area (Å²) in [7, 11) is 0. The number of hydrogen-bond donors (Lipinski definition) is 1. The summed E-state index contributed by atoms with van der Waals surface area (Å²) in [6.07, 6.45) is 2.15. The number of amides is 2. The molecule has 0 heterocycles. The third kappa shape index (κ3) is 8.14. The van der Waals surface area contributed by atoms with Crippen LogP contribution in [0.15, 0.2) is 66.7 Å². The molecule has 1 atom stereocenters. The molecule has 8 heteroatoms. The minimum atomic E-state index is -0.755. The van der Waals surface area contributed by atoms with E-state index in [-0.39, 0.29) is 24.8 Å². The van der Waals surface area contributed by atoms with Gasteiger partial charge in [-0.25, -0.2) is 0 Å². The zero-order chi connectivity index (χ0) is 26.1. The van der Waals surface area contributed by atoms with Gasteiger partial charge < -0.3 is 10.2 Å². The Kier molecular flexibility index (Phi) is 10.9. The Morgan fingerprint density at radius 3 is 2.06 bits per heavy atom. The van der Waals surface area contributed by atoms with Crippen molar-refractivity contribution < 1.29 is 9.59 Å². The van der Waals surface area contributed by atoms with Crippen molar-refractivity contribution in [3.8, 4) is 0 Å². The fourth-order valence-electron chi connectivity index (χ4n) is 3.82. The maximum atomic E-state index is 13.8. The number of nitrogens with one attached hydrogen (secondary N) is 1. The first-order chi connectivity index (χ1) is 17.3. The van der Waals surface area contributed by atoms with Gasteiger partial charge in [-0.1, -0.05) is 102 Å². The average Bonchev–Trinajstić information content (AvgIpc) is 2.85. The van der Waals surface area contributed by atoms with Crippen LogP contribution in [0.2, 0.25) is 20.1 Å². The van der Waals surface area contributed by atoms with Gasteiger partial charge in [-0.15, -0.1) is 0 Å². The minimum Gasteiger partial charge on any atom is -0.354 e. The number of halogens is 4. The highest BCUT2D eigenvalue weighted by Crippen LogP contribution is 2.26. The summed E-state index contributed by atoms with van der Waals surface area (Å²) in [4.78, 5) is 28.8. The lowest BCUT2D eigenvalue weighted by Crippen LogP contribution is -2.51. The summed E-state index contributed by atoms with van der Waals surface area (Å²) in [6, 6.07) is 19.0. The molecule has 0 radical (unpaired) electrons. The summed E-state index contributed by atoms with van der Waals surface area (Å²) in [5.41, 5.74) is 2.26. The van der Waals surface area contributed by atoms with E-state index in [1.807, 2.05) is 30.3 Å². The number of carbonyl (C=O) groups excluding carboxylic acids is 2. The first kappa shape index (κ1) is 28.3. The molecule has 36 heavy (non-hydrogen) atoms. The number of unbranched alkanes of at least 4 members (excludes halogenated alkanes) is 1. The fourth-order valence-corrected chi connectivity index (χ4v) is 4.77. The molecule has 0 aliphatic rings. The average molecular weight is 566 g/mol. The van der Waals surface area contributed by atoms with Crippen molar-refractivity contribution in [3.05, 3.63) is 104 Å². The van der Waals surface area contributed by atoms with E-state index in [1.54, 1.807) is 41.3 Å². The van der Waals surface area contributed by atoms with Gasteiger partial charge in [0.1, 0.15) is 6.04 Å². The molecule has 4 nitrogen and oxygen atoms in total. The van der Waals surface area contributed by atoms with Crippen LogP contribution in [0.4, 0.5) is 0 Å². The Balaban J connectivity index is 1.99. The van der Waals surface area contributed by atoms with Crippen molar-refractivity contribution in [3.63, 3.8) is 0 Å². The van der Waals surface area contributed by atoms with E-state index < -0.39 is 6.04 Å². The fraction of sp³-hybridized carbons (Fsp3) is 0.286. The van der Waals surface area contributed by atoms with Crippen molar-refractivity contribution >= 4 is 58.2 Å². The van der Waals surface area contributed by atoms with Crippen LogP contribution in [0.3, 0.4) is 0 Å². The normalized spacial score (nSPS) is 11.7. The second-order valence-corrected chi connectivity index (χ2v) is 10.2. The number of nitrogens with zero attached hydrogens (tertiary/aromatic N) is 1. The van der Waals surface area contributed by atoms with Gasteiger partial charge in [-0.3, -0.25) is 9.59 Å². The maximum absolute atomic E-state index is 13.8. The molecule has 3 aromatic rings. The maximum Gasteiger partial charge on any atom is 0.243 e. The minimum absolute atomic E-state index is 0.00867. The van der Waals surface area contributed by atoms with E-state index in [4.69, 9.17) is 46.4 Å². The second-order valence-electron chi connectivity index (χ2n) is 8.52. The lowest BCUT2D eigenvalue weighted by atomic mass is 10.0. The van der Waals surface area contributed by atoms with Gasteiger partial charge in [0.15, 0.2) is 0 Å². The van der Waals surface area contributed by atoms with E-state index in [2.05, 4.69) is 12.2 Å². The highest BCUT2D eigenvalue weighted by molar-refractivity contribution is 6.35. The smallest absolute Gasteiger partial charge is 0.243 e. The van der Waals surface area contributed by atoms with Crippen molar-refractivity contribution in [1.29, 1.82) is 0 Å². The number of benzene rings is 3. The largest absolute Gasteiger partial charge is 0.354 e. The topological polar surface area (TPSA) is 49.4 Å². The monoisotopic (exact) mass is 564 g/mol. The lowest BCUT2D eigenvalue weighted by Gasteiger charge is -2.32. The molecule has 3 rings (SSSR count). The highest BCUT2D eigenvalue weighted by Gasteiger charge is 2.31. The van der Waals surface area contributed by atoms with Crippen LogP contribution in [-0.4, -0.2) is 29.3 Å². The van der Waals surface area contributed by atoms with E-state index in [1.165, 1.54) is 0 Å². The van der Waals surface area contributed by atoms with E-state index in [9.17, 15) is 9.59 Å². The van der Waals surface area contributed by atoms with Crippen molar-refractivity contribution in [2.24, 2.45) is 0 Å². The summed E-state index contributed by atoms with van der Waals surface area (Å²) in [5, 5.41) is 4.80. The van der Waals surface area contributed by atoms with Crippen molar-refractivity contribution in [2.75, 3.05) is 6.54 Å². The summed E-state index contributed by atoms with van der Waals surface area (Å²) < 4.78 is 0. The van der Waals surface area contributed by atoms with E-state index in [0.717, 1.165) is 18.4 Å². The third-order valence-corrected chi connectivity index (χ3v) is 6.99. The molecule has 2 amide bonds. The molecule has 0 saturated heterocycles. The van der Waals surface area contributed by atoms with E-state index in [0.29, 0.717) is 44.2 Å². The molecule has 0 aromatic heterocycles. The van der Waals surface area contributed by atoms with Crippen LogP contribution in [-0.2, 0) is 29.0 Å². The van der Waals surface area contributed by atoms with Crippen LogP contribution in [0.1, 0.15) is 36.5 Å². The van der Waals surface area contributed by atoms with Gasteiger partial charge in [-0.2, -0.15) is 0 Å². The Hall–Kier alpha value is -2.24. The molecule has 0 fully saturated rings. The second kappa shape index (κ2) is 13.9. The summed E-state index contributed by atoms with van der Waals surface area (Å²) in [6.45, 7) is 2.73. The molecule has 0 unspecified atom stereocenters. The van der Waals surface area contributed by atoms with Crippen molar-refractivity contribution in [1.82, 2.24) is 10.2 Å². The van der Waals surface area contributed by atoms with Crippen LogP contribution >= 0.6 is 46.4 Å². The third-order valence-electron chi connectivity index (χ3n) is 5.81. The number of rotatable bonds is 11. The Bertz CT molecular complexity index is 1190. The number of carbonyl (C=O) groups is 2. The molecule has 0 aliphatic heterocycles. The highest BCUT2D eigenvalue weighted by atomic mass is 35.5. The molecule has 0 aliphatic carbocycles.